The van der Waals surface area contributed by atoms with Gasteiger partial charge in [-0.05, 0) is 12.5 Å². The monoisotopic (exact) mass is 240 g/mol. The zero-order chi connectivity index (χ0) is 13.1. The third-order valence-electron chi connectivity index (χ3n) is 2.66. The highest BCUT2D eigenvalue weighted by Crippen LogP contribution is 1.99. The largest absolute Gasteiger partial charge is 0.343 e. The van der Waals surface area contributed by atoms with Crippen LogP contribution in [0.2, 0.25) is 0 Å². The fraction of sp³-hybridized carbons (Fsp3) is 0.143. The molecule has 2 rings (SSSR count). The van der Waals surface area contributed by atoms with Crippen LogP contribution in [0.5, 0.6) is 0 Å². The van der Waals surface area contributed by atoms with Crippen molar-refractivity contribution in [3.63, 3.8) is 0 Å². The highest BCUT2D eigenvalue weighted by molar-refractivity contribution is 5.16. The number of rotatable bonds is 2. The van der Waals surface area contributed by atoms with E-state index in [1.807, 2.05) is 30.3 Å². The summed E-state index contributed by atoms with van der Waals surface area (Å²) in [6.07, 6.45) is 6.61. The van der Waals surface area contributed by atoms with Crippen LogP contribution in [0.15, 0.2) is 46.1 Å². The van der Waals surface area contributed by atoms with Crippen molar-refractivity contribution in [3.05, 3.63) is 68.5 Å². The topological polar surface area (TPSA) is 44.0 Å². The Labute approximate surface area is 104 Å². The molecule has 0 amide bonds. The van der Waals surface area contributed by atoms with Crippen molar-refractivity contribution in [2.75, 3.05) is 0 Å². The Morgan fingerprint density at radius 3 is 2.50 bits per heavy atom. The molecule has 1 aromatic carbocycles. The van der Waals surface area contributed by atoms with Crippen molar-refractivity contribution in [2.45, 2.75) is 13.5 Å². The Morgan fingerprint density at radius 1 is 1.22 bits per heavy atom. The Hall–Kier alpha value is -2.54. The highest BCUT2D eigenvalue weighted by atomic mass is 16.2. The Bertz CT molecular complexity index is 718. The lowest BCUT2D eigenvalue weighted by molar-refractivity contribution is 0.667. The summed E-state index contributed by atoms with van der Waals surface area (Å²) in [5, 5.41) is 0. The van der Waals surface area contributed by atoms with Gasteiger partial charge in [0.2, 0.25) is 0 Å². The van der Waals surface area contributed by atoms with Gasteiger partial charge in [-0.1, -0.05) is 36.8 Å². The molecule has 4 nitrogen and oxygen atoms in total. The van der Waals surface area contributed by atoms with Gasteiger partial charge in [0.1, 0.15) is 0 Å². The van der Waals surface area contributed by atoms with E-state index in [0.29, 0.717) is 5.56 Å². The molecule has 0 spiro atoms. The summed E-state index contributed by atoms with van der Waals surface area (Å²) >= 11 is 0. The number of aromatic nitrogens is 2. The Morgan fingerprint density at radius 2 is 1.89 bits per heavy atom. The van der Waals surface area contributed by atoms with Crippen LogP contribution < -0.4 is 11.2 Å². The number of aryl methyl sites for hydroxylation is 1. The van der Waals surface area contributed by atoms with Gasteiger partial charge in [0, 0.05) is 17.8 Å². The second kappa shape index (κ2) is 4.76. The van der Waals surface area contributed by atoms with Crippen LogP contribution in [0, 0.1) is 19.4 Å². The molecular formula is C14H12N2O2. The van der Waals surface area contributed by atoms with E-state index in [4.69, 9.17) is 6.42 Å². The zero-order valence-electron chi connectivity index (χ0n) is 9.96. The first kappa shape index (κ1) is 11.9. The molecule has 1 heterocycles. The minimum absolute atomic E-state index is 0.224. The molecule has 90 valence electrons. The molecule has 18 heavy (non-hydrogen) atoms. The van der Waals surface area contributed by atoms with Crippen LogP contribution >= 0.6 is 0 Å². The van der Waals surface area contributed by atoms with Gasteiger partial charge in [0.15, 0.2) is 0 Å². The van der Waals surface area contributed by atoms with Gasteiger partial charge in [0.05, 0.1) is 6.54 Å². The van der Waals surface area contributed by atoms with E-state index in [9.17, 15) is 9.59 Å². The molecule has 0 bridgehead atoms. The minimum atomic E-state index is -0.489. The zero-order valence-corrected chi connectivity index (χ0v) is 9.96. The fourth-order valence-electron chi connectivity index (χ4n) is 1.73. The second-order valence-corrected chi connectivity index (χ2v) is 3.97. The lowest BCUT2D eigenvalue weighted by Crippen LogP contribution is -2.39. The molecule has 0 radical (unpaired) electrons. The van der Waals surface area contributed by atoms with E-state index in [0.717, 1.165) is 14.7 Å². The summed E-state index contributed by atoms with van der Waals surface area (Å²) in [5.74, 6) is 0. The number of terminal acetylenes is 1. The van der Waals surface area contributed by atoms with E-state index in [-0.39, 0.29) is 12.1 Å². The number of hydrogen-bond donors (Lipinski definition) is 0. The van der Waals surface area contributed by atoms with Gasteiger partial charge in [-0.15, -0.1) is 0 Å². The molecule has 4 heteroatoms. The Kier molecular flexibility index (Phi) is 3.16. The quantitative estimate of drug-likeness (QED) is 0.729. The molecular weight excluding hydrogens is 228 g/mol. The third kappa shape index (κ3) is 2.11. The number of benzene rings is 1. The Balaban J connectivity index is 2.59. The molecule has 0 saturated carbocycles. The van der Waals surface area contributed by atoms with E-state index < -0.39 is 5.69 Å². The van der Waals surface area contributed by atoms with Crippen LogP contribution in [0.3, 0.4) is 0 Å². The van der Waals surface area contributed by atoms with Crippen molar-refractivity contribution < 1.29 is 0 Å². The maximum Gasteiger partial charge on any atom is 0.343 e. The first-order valence-electron chi connectivity index (χ1n) is 5.47. The highest BCUT2D eigenvalue weighted by Gasteiger charge is 2.08. The average molecular weight is 240 g/mol. The van der Waals surface area contributed by atoms with Crippen molar-refractivity contribution in [1.29, 1.82) is 0 Å². The van der Waals surface area contributed by atoms with Crippen molar-refractivity contribution in [2.24, 2.45) is 0 Å². The van der Waals surface area contributed by atoms with Crippen LogP contribution in [0.25, 0.3) is 0 Å². The summed E-state index contributed by atoms with van der Waals surface area (Å²) in [6, 6.07) is 11.5. The fourth-order valence-corrected chi connectivity index (χ4v) is 1.73. The molecule has 0 fully saturated rings. The second-order valence-electron chi connectivity index (χ2n) is 3.97. The van der Waals surface area contributed by atoms with Gasteiger partial charge < -0.3 is 0 Å². The predicted molar refractivity (Wildman–Crippen MR) is 69.5 cm³/mol. The summed E-state index contributed by atoms with van der Waals surface area (Å²) in [6.45, 7) is 1.86. The van der Waals surface area contributed by atoms with Crippen LogP contribution in [0.4, 0.5) is 0 Å². The average Bonchev–Trinajstić information content (AvgIpc) is 2.40. The summed E-state index contributed by atoms with van der Waals surface area (Å²) in [5.41, 5.74) is 0.529. The van der Waals surface area contributed by atoms with Crippen molar-refractivity contribution in [3.8, 4) is 12.5 Å². The van der Waals surface area contributed by atoms with E-state index in [1.165, 1.54) is 6.20 Å². The molecule has 0 aliphatic carbocycles. The lowest BCUT2D eigenvalue weighted by Gasteiger charge is -2.07. The smallest absolute Gasteiger partial charge is 0.269 e. The standard InChI is InChI=1S/C14H12N2O2/c1-3-15-9-11(2)13(17)16(14(15)18)10-12-7-5-4-6-8-12/h1,4-9H,10H2,2H3. The van der Waals surface area contributed by atoms with Crippen molar-refractivity contribution >= 4 is 0 Å². The van der Waals surface area contributed by atoms with Crippen LogP contribution in [-0.2, 0) is 6.54 Å². The van der Waals surface area contributed by atoms with Gasteiger partial charge >= 0.3 is 5.69 Å². The summed E-state index contributed by atoms with van der Waals surface area (Å²) in [7, 11) is 0. The molecule has 1 aromatic heterocycles. The SMILES string of the molecule is C#Cn1cc(C)c(=O)n(Cc2ccccc2)c1=O. The normalized spacial score (nSPS) is 10.0. The lowest BCUT2D eigenvalue weighted by atomic mass is 10.2. The third-order valence-corrected chi connectivity index (χ3v) is 2.66. The van der Waals surface area contributed by atoms with Crippen LogP contribution in [-0.4, -0.2) is 9.13 Å². The van der Waals surface area contributed by atoms with Gasteiger partial charge in [0.25, 0.3) is 5.56 Å². The first-order valence-corrected chi connectivity index (χ1v) is 5.47. The predicted octanol–water partition coefficient (Wildman–Crippen LogP) is 0.806. The van der Waals surface area contributed by atoms with Crippen LogP contribution in [0.1, 0.15) is 11.1 Å². The molecule has 0 aliphatic rings. The number of hydrogen-bond acceptors (Lipinski definition) is 2. The van der Waals surface area contributed by atoms with Gasteiger partial charge in [-0.2, -0.15) is 0 Å². The van der Waals surface area contributed by atoms with E-state index >= 15 is 0 Å². The molecule has 0 N–H and O–H groups in total. The first-order chi connectivity index (χ1) is 8.63. The minimum Gasteiger partial charge on any atom is -0.269 e. The van der Waals surface area contributed by atoms with Crippen molar-refractivity contribution in [1.82, 2.24) is 9.13 Å². The molecule has 2 aromatic rings. The molecule has 0 atom stereocenters. The van der Waals surface area contributed by atoms with E-state index in [1.54, 1.807) is 6.92 Å². The number of nitrogens with zero attached hydrogens (tertiary/aromatic N) is 2. The molecule has 0 unspecified atom stereocenters. The maximum absolute atomic E-state index is 12.0. The molecule has 0 aliphatic heterocycles. The summed E-state index contributed by atoms with van der Waals surface area (Å²) < 4.78 is 2.23. The van der Waals surface area contributed by atoms with Gasteiger partial charge in [-0.25, -0.2) is 9.36 Å². The van der Waals surface area contributed by atoms with Gasteiger partial charge in [-0.3, -0.25) is 9.36 Å². The molecule has 0 saturated heterocycles. The van der Waals surface area contributed by atoms with E-state index in [2.05, 4.69) is 6.04 Å². The maximum atomic E-state index is 12.0. The summed E-state index contributed by atoms with van der Waals surface area (Å²) in [4.78, 5) is 23.9.